The van der Waals surface area contributed by atoms with E-state index in [1.54, 1.807) is 7.11 Å². The topological polar surface area (TPSA) is 35.5 Å². The first-order valence-electron chi connectivity index (χ1n) is 7.08. The molecule has 0 amide bonds. The van der Waals surface area contributed by atoms with E-state index >= 15 is 0 Å². The van der Waals surface area contributed by atoms with Crippen LogP contribution in [0.3, 0.4) is 0 Å². The molecule has 0 spiro atoms. The molecule has 1 aromatic rings. The Morgan fingerprint density at radius 1 is 1.32 bits per heavy atom. The third-order valence-corrected chi connectivity index (χ3v) is 3.80. The summed E-state index contributed by atoms with van der Waals surface area (Å²) < 4.78 is 10.9. The van der Waals surface area contributed by atoms with Crippen molar-refractivity contribution in [3.8, 4) is 5.75 Å². The molecule has 2 atom stereocenters. The molecule has 0 unspecified atom stereocenters. The fourth-order valence-corrected chi connectivity index (χ4v) is 2.74. The van der Waals surface area contributed by atoms with E-state index in [0.717, 1.165) is 25.0 Å². The number of carbonyl (C=O) groups is 1. The first-order valence-corrected chi connectivity index (χ1v) is 7.08. The Bertz CT molecular complexity index is 428. The van der Waals surface area contributed by atoms with Crippen LogP contribution in [0.25, 0.3) is 0 Å². The lowest BCUT2D eigenvalue weighted by molar-refractivity contribution is -0.151. The van der Waals surface area contributed by atoms with Crippen molar-refractivity contribution >= 4 is 5.97 Å². The standard InChI is InChI=1S/C16H22O3/c1-3-16(17)19-15-10-5-4-9-14(15)12-7-6-8-13(11-12)18-2/h6-8,11,14-15H,3-5,9-10H2,1-2H3/t14-,15+/m1/s1. The largest absolute Gasteiger partial charge is 0.497 e. The highest BCUT2D eigenvalue weighted by Crippen LogP contribution is 2.36. The van der Waals surface area contributed by atoms with Crippen LogP contribution >= 0.6 is 0 Å². The predicted octanol–water partition coefficient (Wildman–Crippen LogP) is 3.67. The molecule has 0 radical (unpaired) electrons. The van der Waals surface area contributed by atoms with Crippen molar-refractivity contribution in [1.29, 1.82) is 0 Å². The highest BCUT2D eigenvalue weighted by atomic mass is 16.5. The summed E-state index contributed by atoms with van der Waals surface area (Å²) in [5, 5.41) is 0. The fourth-order valence-electron chi connectivity index (χ4n) is 2.74. The summed E-state index contributed by atoms with van der Waals surface area (Å²) in [5.41, 5.74) is 1.22. The molecule has 3 heteroatoms. The molecule has 1 fully saturated rings. The van der Waals surface area contributed by atoms with Crippen LogP contribution in [-0.2, 0) is 9.53 Å². The Morgan fingerprint density at radius 3 is 2.84 bits per heavy atom. The highest BCUT2D eigenvalue weighted by Gasteiger charge is 2.29. The summed E-state index contributed by atoms with van der Waals surface area (Å²) in [4.78, 5) is 11.5. The lowest BCUT2D eigenvalue weighted by Crippen LogP contribution is -2.28. The molecule has 1 aromatic carbocycles. The lowest BCUT2D eigenvalue weighted by atomic mass is 9.81. The quantitative estimate of drug-likeness (QED) is 0.777. The molecule has 19 heavy (non-hydrogen) atoms. The zero-order chi connectivity index (χ0) is 13.7. The minimum atomic E-state index is -0.0974. The van der Waals surface area contributed by atoms with Gasteiger partial charge in [-0.2, -0.15) is 0 Å². The molecule has 0 aromatic heterocycles. The molecule has 0 saturated heterocycles. The van der Waals surface area contributed by atoms with Gasteiger partial charge in [-0.15, -0.1) is 0 Å². The molecule has 0 heterocycles. The van der Waals surface area contributed by atoms with E-state index in [-0.39, 0.29) is 12.1 Å². The molecule has 1 aliphatic carbocycles. The highest BCUT2D eigenvalue weighted by molar-refractivity contribution is 5.69. The van der Waals surface area contributed by atoms with E-state index in [1.165, 1.54) is 12.0 Å². The second-order valence-electron chi connectivity index (χ2n) is 5.05. The van der Waals surface area contributed by atoms with Gasteiger partial charge < -0.3 is 9.47 Å². The molecular formula is C16H22O3. The van der Waals surface area contributed by atoms with Gasteiger partial charge in [0.15, 0.2) is 0 Å². The van der Waals surface area contributed by atoms with Gasteiger partial charge in [-0.1, -0.05) is 25.5 Å². The van der Waals surface area contributed by atoms with E-state index in [4.69, 9.17) is 9.47 Å². The van der Waals surface area contributed by atoms with Crippen LogP contribution in [-0.4, -0.2) is 19.2 Å². The van der Waals surface area contributed by atoms with Crippen LogP contribution < -0.4 is 4.74 Å². The van der Waals surface area contributed by atoms with Crippen LogP contribution in [0.15, 0.2) is 24.3 Å². The minimum absolute atomic E-state index is 0.0216. The van der Waals surface area contributed by atoms with Gasteiger partial charge in [0.2, 0.25) is 0 Å². The van der Waals surface area contributed by atoms with E-state index < -0.39 is 0 Å². The number of hydrogen-bond acceptors (Lipinski definition) is 3. The summed E-state index contributed by atoms with van der Waals surface area (Å²) in [5.74, 6) is 1.07. The van der Waals surface area contributed by atoms with Crippen molar-refractivity contribution in [1.82, 2.24) is 0 Å². The van der Waals surface area contributed by atoms with Gasteiger partial charge in [0.05, 0.1) is 7.11 Å². The normalized spacial score (nSPS) is 22.8. The number of benzene rings is 1. The molecule has 104 valence electrons. The predicted molar refractivity (Wildman–Crippen MR) is 74.4 cm³/mol. The SMILES string of the molecule is CCC(=O)O[C@H]1CCCC[C@@H]1c1cccc(OC)c1. The fraction of sp³-hybridized carbons (Fsp3) is 0.562. The summed E-state index contributed by atoms with van der Waals surface area (Å²) in [6.45, 7) is 1.84. The third kappa shape index (κ3) is 3.49. The third-order valence-electron chi connectivity index (χ3n) is 3.80. The molecule has 1 saturated carbocycles. The maximum atomic E-state index is 11.5. The van der Waals surface area contributed by atoms with Crippen LogP contribution in [0.2, 0.25) is 0 Å². The summed E-state index contributed by atoms with van der Waals surface area (Å²) >= 11 is 0. The monoisotopic (exact) mass is 262 g/mol. The van der Waals surface area contributed by atoms with Gasteiger partial charge in [-0.25, -0.2) is 0 Å². The zero-order valence-corrected chi connectivity index (χ0v) is 11.7. The summed E-state index contributed by atoms with van der Waals surface area (Å²) in [6.07, 6.45) is 4.85. The van der Waals surface area contributed by atoms with Crippen molar-refractivity contribution in [2.45, 2.75) is 51.0 Å². The van der Waals surface area contributed by atoms with E-state index in [2.05, 4.69) is 12.1 Å². The van der Waals surface area contributed by atoms with E-state index in [1.807, 2.05) is 19.1 Å². The first-order chi connectivity index (χ1) is 9.24. The number of ether oxygens (including phenoxy) is 2. The first kappa shape index (κ1) is 13.9. The van der Waals surface area contributed by atoms with Gasteiger partial charge in [-0.05, 0) is 37.0 Å². The summed E-state index contributed by atoms with van der Waals surface area (Å²) in [6, 6.07) is 8.11. The summed E-state index contributed by atoms with van der Waals surface area (Å²) in [7, 11) is 1.68. The Kier molecular flexibility index (Phi) is 4.83. The number of methoxy groups -OCH3 is 1. The van der Waals surface area contributed by atoms with Crippen molar-refractivity contribution < 1.29 is 14.3 Å². The number of esters is 1. The lowest BCUT2D eigenvalue weighted by Gasteiger charge is -2.31. The molecule has 2 rings (SSSR count). The molecule has 3 nitrogen and oxygen atoms in total. The second kappa shape index (κ2) is 6.60. The Balaban J connectivity index is 2.15. The maximum absolute atomic E-state index is 11.5. The number of rotatable bonds is 4. The molecule has 1 aliphatic rings. The minimum Gasteiger partial charge on any atom is -0.497 e. The molecule has 0 bridgehead atoms. The van der Waals surface area contributed by atoms with Crippen LogP contribution in [0.5, 0.6) is 5.75 Å². The van der Waals surface area contributed by atoms with Gasteiger partial charge in [0.1, 0.15) is 11.9 Å². The average Bonchev–Trinajstić information content (AvgIpc) is 2.47. The average molecular weight is 262 g/mol. The van der Waals surface area contributed by atoms with Crippen molar-refractivity contribution in [2.75, 3.05) is 7.11 Å². The number of carbonyl (C=O) groups excluding carboxylic acids is 1. The maximum Gasteiger partial charge on any atom is 0.305 e. The Hall–Kier alpha value is -1.51. The van der Waals surface area contributed by atoms with Gasteiger partial charge in [-0.3, -0.25) is 4.79 Å². The zero-order valence-electron chi connectivity index (χ0n) is 11.7. The van der Waals surface area contributed by atoms with Gasteiger partial charge in [0, 0.05) is 12.3 Å². The van der Waals surface area contributed by atoms with Crippen LogP contribution in [0, 0.1) is 0 Å². The van der Waals surface area contributed by atoms with E-state index in [0.29, 0.717) is 12.3 Å². The van der Waals surface area contributed by atoms with Crippen LogP contribution in [0.4, 0.5) is 0 Å². The second-order valence-corrected chi connectivity index (χ2v) is 5.05. The Morgan fingerprint density at radius 2 is 2.11 bits per heavy atom. The van der Waals surface area contributed by atoms with Crippen molar-refractivity contribution in [3.63, 3.8) is 0 Å². The van der Waals surface area contributed by atoms with E-state index in [9.17, 15) is 4.79 Å². The molecular weight excluding hydrogens is 240 g/mol. The number of hydrogen-bond donors (Lipinski definition) is 0. The smallest absolute Gasteiger partial charge is 0.305 e. The van der Waals surface area contributed by atoms with Crippen LogP contribution in [0.1, 0.15) is 50.5 Å². The van der Waals surface area contributed by atoms with Gasteiger partial charge in [0.25, 0.3) is 0 Å². The van der Waals surface area contributed by atoms with Crippen molar-refractivity contribution in [2.24, 2.45) is 0 Å². The van der Waals surface area contributed by atoms with Crippen molar-refractivity contribution in [3.05, 3.63) is 29.8 Å². The Labute approximate surface area is 114 Å². The molecule has 0 N–H and O–H groups in total. The molecule has 0 aliphatic heterocycles. The van der Waals surface area contributed by atoms with Gasteiger partial charge >= 0.3 is 5.97 Å².